The second-order valence-corrected chi connectivity index (χ2v) is 8.25. The molecule has 0 unspecified atom stereocenters. The van der Waals surface area contributed by atoms with Crippen molar-refractivity contribution < 1.29 is 23.5 Å². The first-order valence-electron chi connectivity index (χ1n) is 9.65. The lowest BCUT2D eigenvalue weighted by molar-refractivity contribution is -0.221. The highest BCUT2D eigenvalue weighted by Crippen LogP contribution is 2.40. The maximum Gasteiger partial charge on any atom is 0.494 e. The fourth-order valence-electron chi connectivity index (χ4n) is 3.80. The van der Waals surface area contributed by atoms with E-state index in [1.165, 1.54) is 0 Å². The summed E-state index contributed by atoms with van der Waals surface area (Å²) in [6, 6.07) is 15.3. The van der Waals surface area contributed by atoms with E-state index in [9.17, 15) is 0 Å². The van der Waals surface area contributed by atoms with Crippen LogP contribution >= 0.6 is 11.6 Å². The monoisotopic (exact) mass is 413 g/mol. The number of aliphatic imine (C=N–C) groups is 1. The van der Waals surface area contributed by atoms with E-state index in [0.29, 0.717) is 11.6 Å². The molecule has 3 heterocycles. The number of nitrogens with zero attached hydrogens (tertiary/aromatic N) is 1. The highest BCUT2D eigenvalue weighted by atomic mass is 35.5. The molecule has 0 radical (unpaired) electrons. The average molecular weight is 414 g/mol. The van der Waals surface area contributed by atoms with Gasteiger partial charge >= 0.3 is 7.12 Å². The summed E-state index contributed by atoms with van der Waals surface area (Å²) < 4.78 is 29.7. The molecule has 0 N–H and O–H groups in total. The molecule has 4 atom stereocenters. The Bertz CT molecular complexity index is 904. The first kappa shape index (κ1) is 19.2. The minimum absolute atomic E-state index is 0.178. The Morgan fingerprint density at radius 3 is 2.55 bits per heavy atom. The third-order valence-corrected chi connectivity index (χ3v) is 5.43. The number of fused-ring (bicyclic) bond motifs is 3. The summed E-state index contributed by atoms with van der Waals surface area (Å²) in [5.74, 6) is -0.664. The Morgan fingerprint density at radius 1 is 1.03 bits per heavy atom. The predicted octanol–water partition coefficient (Wildman–Crippen LogP) is 3.08. The molecule has 0 aromatic heterocycles. The fraction of sp³-hybridized carbons (Fsp3) is 0.381. The summed E-state index contributed by atoms with van der Waals surface area (Å²) in [6.07, 6.45) is 0.767. The summed E-state index contributed by atoms with van der Waals surface area (Å²) in [4.78, 5) is 4.46. The molecule has 0 bridgehead atoms. The van der Waals surface area contributed by atoms with Crippen LogP contribution in [0.4, 0.5) is 5.69 Å². The third kappa shape index (κ3) is 3.99. The minimum atomic E-state index is -0.664. The molecule has 0 saturated carbocycles. The highest BCUT2D eigenvalue weighted by molar-refractivity contribution is 6.61. The van der Waals surface area contributed by atoms with Gasteiger partial charge in [0.15, 0.2) is 12.1 Å². The van der Waals surface area contributed by atoms with Crippen LogP contribution in [0.15, 0.2) is 53.5 Å². The van der Waals surface area contributed by atoms with Gasteiger partial charge in [-0.15, -0.1) is 0 Å². The van der Waals surface area contributed by atoms with E-state index in [2.05, 4.69) is 4.99 Å². The van der Waals surface area contributed by atoms with Crippen LogP contribution in [0.5, 0.6) is 0 Å². The molecular formula is C21H21BClNO5. The molecule has 2 aromatic carbocycles. The largest absolute Gasteiger partial charge is 0.494 e. The summed E-state index contributed by atoms with van der Waals surface area (Å²) in [5.41, 5.74) is 2.77. The molecule has 5 rings (SSSR count). The van der Waals surface area contributed by atoms with Crippen molar-refractivity contribution in [1.82, 2.24) is 0 Å². The van der Waals surface area contributed by atoms with Gasteiger partial charge in [0.2, 0.25) is 0 Å². The zero-order valence-electron chi connectivity index (χ0n) is 16.2. The number of rotatable bonds is 3. The average Bonchev–Trinajstić information content (AvgIpc) is 3.19. The highest BCUT2D eigenvalue weighted by Gasteiger charge is 2.57. The Balaban J connectivity index is 1.25. The Kier molecular flexibility index (Phi) is 4.98. The van der Waals surface area contributed by atoms with E-state index in [-0.39, 0.29) is 18.3 Å². The van der Waals surface area contributed by atoms with E-state index in [4.69, 9.17) is 35.1 Å². The van der Waals surface area contributed by atoms with Crippen LogP contribution in [-0.4, -0.2) is 50.3 Å². The van der Waals surface area contributed by atoms with Gasteiger partial charge in [0.05, 0.1) is 12.3 Å². The van der Waals surface area contributed by atoms with Crippen molar-refractivity contribution in [3.8, 4) is 0 Å². The van der Waals surface area contributed by atoms with Gasteiger partial charge in [-0.05, 0) is 49.1 Å². The lowest BCUT2D eigenvalue weighted by Gasteiger charge is -2.32. The predicted molar refractivity (Wildman–Crippen MR) is 110 cm³/mol. The molecular weight excluding hydrogens is 392 g/mol. The van der Waals surface area contributed by atoms with Crippen LogP contribution < -0.4 is 5.46 Å². The van der Waals surface area contributed by atoms with Gasteiger partial charge in [-0.2, -0.15) is 0 Å². The maximum absolute atomic E-state index is 6.19. The van der Waals surface area contributed by atoms with Gasteiger partial charge in [-0.3, -0.25) is 4.99 Å². The van der Waals surface area contributed by atoms with E-state index in [1.54, 1.807) is 0 Å². The van der Waals surface area contributed by atoms with Gasteiger partial charge < -0.3 is 23.5 Å². The third-order valence-electron chi connectivity index (χ3n) is 5.18. The normalized spacial score (nSPS) is 30.5. The molecule has 2 aromatic rings. The first-order valence-corrected chi connectivity index (χ1v) is 10.0. The molecule has 6 nitrogen and oxygen atoms in total. The van der Waals surface area contributed by atoms with Crippen molar-refractivity contribution in [2.45, 2.75) is 44.2 Å². The van der Waals surface area contributed by atoms with Gasteiger partial charge in [0.1, 0.15) is 18.3 Å². The number of ether oxygens (including phenoxy) is 3. The Labute approximate surface area is 174 Å². The summed E-state index contributed by atoms with van der Waals surface area (Å²) in [5, 5.41) is 0.695. The van der Waals surface area contributed by atoms with Crippen molar-refractivity contribution in [2.75, 3.05) is 6.61 Å². The topological polar surface area (TPSA) is 58.5 Å². The number of benzene rings is 2. The minimum Gasteiger partial charge on any atom is -0.404 e. The van der Waals surface area contributed by atoms with Crippen LogP contribution in [0.1, 0.15) is 19.4 Å². The molecule has 150 valence electrons. The van der Waals surface area contributed by atoms with Crippen molar-refractivity contribution in [1.29, 1.82) is 0 Å². The molecule has 0 spiro atoms. The molecule has 0 amide bonds. The van der Waals surface area contributed by atoms with E-state index < -0.39 is 19.2 Å². The van der Waals surface area contributed by atoms with Crippen LogP contribution in [0.3, 0.4) is 0 Å². The lowest BCUT2D eigenvalue weighted by Crippen LogP contribution is -2.53. The van der Waals surface area contributed by atoms with E-state index in [0.717, 1.165) is 16.7 Å². The maximum atomic E-state index is 6.19. The van der Waals surface area contributed by atoms with Crippen molar-refractivity contribution in [3.05, 3.63) is 59.1 Å². The standard InChI is InChI=1S/C21H21BClNO5/c1-21(2)27-19-18-17(26-20(19)28-21)12-25-22(29-18)14-5-3-13(4-6-14)11-24-16-9-7-15(23)8-10-16/h3-11,17-20H,12H2,1-2H3/t17-,18+,19-,20-/m1/s1. The van der Waals surface area contributed by atoms with Crippen molar-refractivity contribution >= 4 is 36.1 Å². The van der Waals surface area contributed by atoms with Crippen LogP contribution in [0.25, 0.3) is 0 Å². The summed E-state index contributed by atoms with van der Waals surface area (Å²) in [6.45, 7) is 4.20. The number of halogens is 1. The van der Waals surface area contributed by atoms with Gasteiger partial charge in [0.25, 0.3) is 0 Å². The Morgan fingerprint density at radius 2 is 1.79 bits per heavy atom. The van der Waals surface area contributed by atoms with Crippen molar-refractivity contribution in [2.24, 2.45) is 4.99 Å². The Hall–Kier alpha value is -1.74. The second kappa shape index (κ2) is 7.50. The molecule has 3 fully saturated rings. The smallest absolute Gasteiger partial charge is 0.404 e. The molecule has 3 aliphatic rings. The molecule has 8 heteroatoms. The van der Waals surface area contributed by atoms with E-state index >= 15 is 0 Å². The SMILES string of the molecule is CC1(C)O[C@H]2O[C@@H]3COB(c4ccc(C=Nc5ccc(Cl)cc5)cc4)O[C@@H]3[C@H]2O1. The first-order chi connectivity index (χ1) is 14.0. The van der Waals surface area contributed by atoms with Crippen molar-refractivity contribution in [3.63, 3.8) is 0 Å². The zero-order chi connectivity index (χ0) is 20.0. The van der Waals surface area contributed by atoms with Gasteiger partial charge in [-0.25, -0.2) is 0 Å². The summed E-state index contributed by atoms with van der Waals surface area (Å²) >= 11 is 5.90. The van der Waals surface area contributed by atoms with E-state index in [1.807, 2.05) is 68.6 Å². The van der Waals surface area contributed by atoms with Gasteiger partial charge in [-0.1, -0.05) is 35.9 Å². The zero-order valence-corrected chi connectivity index (χ0v) is 16.9. The van der Waals surface area contributed by atoms with Gasteiger partial charge in [0, 0.05) is 11.2 Å². The molecule has 3 aliphatic heterocycles. The van der Waals surface area contributed by atoms with Crippen LogP contribution in [-0.2, 0) is 23.5 Å². The number of hydrogen-bond donors (Lipinski definition) is 0. The quantitative estimate of drug-likeness (QED) is 0.572. The number of hydrogen-bond acceptors (Lipinski definition) is 6. The molecule has 29 heavy (non-hydrogen) atoms. The lowest BCUT2D eigenvalue weighted by atomic mass is 9.76. The molecule has 0 aliphatic carbocycles. The summed E-state index contributed by atoms with van der Waals surface area (Å²) in [7, 11) is -0.465. The van der Waals surface area contributed by atoms with Crippen LogP contribution in [0.2, 0.25) is 5.02 Å². The van der Waals surface area contributed by atoms with Crippen LogP contribution in [0, 0.1) is 0 Å². The second-order valence-electron chi connectivity index (χ2n) is 7.81. The fourth-order valence-corrected chi connectivity index (χ4v) is 3.93. The molecule has 3 saturated heterocycles.